The summed E-state index contributed by atoms with van der Waals surface area (Å²) in [7, 11) is 3.10. The number of nitrogens with zero attached hydrogens (tertiary/aromatic N) is 1. The number of hydrogen-bond acceptors (Lipinski definition) is 3. The third-order valence-electron chi connectivity index (χ3n) is 3.75. The van der Waals surface area contributed by atoms with E-state index in [1.807, 2.05) is 13.8 Å². The summed E-state index contributed by atoms with van der Waals surface area (Å²) in [6.07, 6.45) is 0. The van der Waals surface area contributed by atoms with E-state index in [0.29, 0.717) is 40.2 Å². The van der Waals surface area contributed by atoms with Crippen molar-refractivity contribution in [3.8, 4) is 11.5 Å². The molecule has 2 aromatic rings. The first-order valence-electron chi connectivity index (χ1n) is 8.32. The molecule has 0 radical (unpaired) electrons. The summed E-state index contributed by atoms with van der Waals surface area (Å²) in [6.45, 7) is 4.68. The molecule has 0 heterocycles. The Bertz CT molecular complexity index is 780. The summed E-state index contributed by atoms with van der Waals surface area (Å²) < 4.78 is 24.8. The molecule has 140 valence electrons. The normalized spacial score (nSPS) is 10.7. The monoisotopic (exact) mass is 379 g/mol. The highest BCUT2D eigenvalue weighted by molar-refractivity contribution is 6.32. The molecule has 4 nitrogen and oxygen atoms in total. The molecule has 2 rings (SSSR count). The van der Waals surface area contributed by atoms with Gasteiger partial charge in [-0.2, -0.15) is 0 Å². The number of ether oxygens (including phenoxy) is 2. The number of hydrogen-bond donors (Lipinski definition) is 0. The first kappa shape index (κ1) is 20.0. The van der Waals surface area contributed by atoms with E-state index in [9.17, 15) is 9.18 Å². The second-order valence-electron chi connectivity index (χ2n) is 6.45. The predicted octanol–water partition coefficient (Wildman–Crippen LogP) is 4.79. The van der Waals surface area contributed by atoms with Gasteiger partial charge < -0.3 is 14.4 Å². The van der Waals surface area contributed by atoms with Crippen molar-refractivity contribution >= 4 is 17.5 Å². The van der Waals surface area contributed by atoms with Gasteiger partial charge in [0.05, 0.1) is 18.7 Å². The lowest BCUT2D eigenvalue weighted by Crippen LogP contribution is -2.26. The Labute approximate surface area is 158 Å². The number of carbonyl (C=O) groups excluding carboxylic acids is 1. The van der Waals surface area contributed by atoms with Crippen LogP contribution in [0.4, 0.5) is 4.39 Å². The molecule has 0 N–H and O–H groups in total. The fraction of sp³-hybridized carbons (Fsp3) is 0.350. The van der Waals surface area contributed by atoms with Crippen molar-refractivity contribution in [2.45, 2.75) is 20.4 Å². The lowest BCUT2D eigenvalue weighted by molar-refractivity contribution is 0.0783. The number of amides is 1. The van der Waals surface area contributed by atoms with Gasteiger partial charge in [-0.05, 0) is 24.1 Å². The van der Waals surface area contributed by atoms with Crippen LogP contribution in [0.5, 0.6) is 11.5 Å². The Kier molecular flexibility index (Phi) is 6.86. The summed E-state index contributed by atoms with van der Waals surface area (Å²) >= 11 is 6.30. The third-order valence-corrected chi connectivity index (χ3v) is 4.03. The van der Waals surface area contributed by atoms with E-state index >= 15 is 0 Å². The van der Waals surface area contributed by atoms with Crippen LogP contribution in [0.3, 0.4) is 0 Å². The summed E-state index contributed by atoms with van der Waals surface area (Å²) in [5.74, 6) is 0.491. The maximum Gasteiger partial charge on any atom is 0.254 e. The molecule has 2 aromatic carbocycles. The van der Waals surface area contributed by atoms with Crippen molar-refractivity contribution < 1.29 is 18.7 Å². The number of rotatable bonds is 7. The Morgan fingerprint density at radius 3 is 2.58 bits per heavy atom. The van der Waals surface area contributed by atoms with Gasteiger partial charge in [-0.3, -0.25) is 4.79 Å². The second-order valence-corrected chi connectivity index (χ2v) is 6.85. The Morgan fingerprint density at radius 1 is 1.27 bits per heavy atom. The van der Waals surface area contributed by atoms with Crippen LogP contribution in [0.1, 0.15) is 29.8 Å². The van der Waals surface area contributed by atoms with Crippen LogP contribution in [-0.4, -0.2) is 31.6 Å². The van der Waals surface area contributed by atoms with Crippen LogP contribution >= 0.6 is 11.6 Å². The lowest BCUT2D eigenvalue weighted by atomic mass is 10.1. The molecule has 0 unspecified atom stereocenters. The van der Waals surface area contributed by atoms with E-state index in [1.165, 1.54) is 18.1 Å². The molecule has 0 atom stereocenters. The van der Waals surface area contributed by atoms with Crippen molar-refractivity contribution in [3.05, 3.63) is 58.4 Å². The van der Waals surface area contributed by atoms with Crippen molar-refractivity contribution in [2.75, 3.05) is 20.8 Å². The van der Waals surface area contributed by atoms with Gasteiger partial charge in [0, 0.05) is 24.7 Å². The van der Waals surface area contributed by atoms with Gasteiger partial charge in [-0.1, -0.05) is 43.6 Å². The average molecular weight is 380 g/mol. The smallest absolute Gasteiger partial charge is 0.254 e. The summed E-state index contributed by atoms with van der Waals surface area (Å²) in [6, 6.07) is 9.49. The fourth-order valence-corrected chi connectivity index (χ4v) is 2.67. The van der Waals surface area contributed by atoms with Crippen LogP contribution < -0.4 is 9.47 Å². The average Bonchev–Trinajstić information content (AvgIpc) is 2.61. The standard InChI is InChI=1S/C20H23ClFNO3/c1-13(2)12-26-19-16(21)9-15(10-18(19)25-4)20(24)23(3)11-14-7-5-6-8-17(14)22/h5-10,13H,11-12H2,1-4H3. The molecule has 0 aliphatic carbocycles. The van der Waals surface area contributed by atoms with Crippen LogP contribution in [0.2, 0.25) is 5.02 Å². The van der Waals surface area contributed by atoms with E-state index in [2.05, 4.69) is 0 Å². The zero-order chi connectivity index (χ0) is 19.3. The number of methoxy groups -OCH3 is 1. The molecule has 0 fully saturated rings. The Morgan fingerprint density at radius 2 is 1.96 bits per heavy atom. The molecule has 0 aromatic heterocycles. The predicted molar refractivity (Wildman–Crippen MR) is 101 cm³/mol. The molecule has 0 saturated carbocycles. The quantitative estimate of drug-likeness (QED) is 0.694. The van der Waals surface area contributed by atoms with Gasteiger partial charge in [0.2, 0.25) is 0 Å². The van der Waals surface area contributed by atoms with Gasteiger partial charge >= 0.3 is 0 Å². The minimum Gasteiger partial charge on any atom is -0.493 e. The lowest BCUT2D eigenvalue weighted by Gasteiger charge is -2.20. The highest BCUT2D eigenvalue weighted by atomic mass is 35.5. The number of halogens is 2. The second kappa shape index (κ2) is 8.90. The maximum atomic E-state index is 13.8. The van der Waals surface area contributed by atoms with Gasteiger partial charge in [-0.25, -0.2) is 4.39 Å². The first-order valence-corrected chi connectivity index (χ1v) is 8.70. The fourth-order valence-electron chi connectivity index (χ4n) is 2.41. The van der Waals surface area contributed by atoms with Crippen molar-refractivity contribution in [3.63, 3.8) is 0 Å². The van der Waals surface area contributed by atoms with Gasteiger partial charge in [-0.15, -0.1) is 0 Å². The van der Waals surface area contributed by atoms with Gasteiger partial charge in [0.15, 0.2) is 11.5 Å². The molecule has 0 saturated heterocycles. The van der Waals surface area contributed by atoms with Gasteiger partial charge in [0.25, 0.3) is 5.91 Å². The van der Waals surface area contributed by atoms with Crippen molar-refractivity contribution in [2.24, 2.45) is 5.92 Å². The zero-order valence-electron chi connectivity index (χ0n) is 15.4. The molecule has 0 spiro atoms. The number of benzene rings is 2. The van der Waals surface area contributed by atoms with Crippen molar-refractivity contribution in [1.29, 1.82) is 0 Å². The van der Waals surface area contributed by atoms with Crippen LogP contribution in [-0.2, 0) is 6.54 Å². The minimum absolute atomic E-state index is 0.150. The Balaban J connectivity index is 2.23. The van der Waals surface area contributed by atoms with E-state index < -0.39 is 0 Å². The third kappa shape index (κ3) is 4.88. The van der Waals surface area contributed by atoms with E-state index in [1.54, 1.807) is 37.4 Å². The largest absolute Gasteiger partial charge is 0.493 e. The summed E-state index contributed by atoms with van der Waals surface area (Å²) in [5.41, 5.74) is 0.792. The SMILES string of the molecule is COc1cc(C(=O)N(C)Cc2ccccc2F)cc(Cl)c1OCC(C)C. The van der Waals surface area contributed by atoms with E-state index in [0.717, 1.165) is 0 Å². The molecule has 0 aliphatic rings. The molecule has 26 heavy (non-hydrogen) atoms. The van der Waals surface area contributed by atoms with Gasteiger partial charge in [0.1, 0.15) is 5.82 Å². The number of carbonyl (C=O) groups is 1. The molecule has 0 bridgehead atoms. The van der Waals surface area contributed by atoms with Crippen LogP contribution in [0.15, 0.2) is 36.4 Å². The topological polar surface area (TPSA) is 38.8 Å². The van der Waals surface area contributed by atoms with Crippen LogP contribution in [0, 0.1) is 11.7 Å². The first-order chi connectivity index (χ1) is 12.3. The minimum atomic E-state index is -0.347. The summed E-state index contributed by atoms with van der Waals surface area (Å²) in [4.78, 5) is 14.1. The maximum absolute atomic E-state index is 13.8. The summed E-state index contributed by atoms with van der Waals surface area (Å²) in [5, 5.41) is 0.299. The molecule has 1 amide bonds. The molecular formula is C20H23ClFNO3. The highest BCUT2D eigenvalue weighted by Crippen LogP contribution is 2.37. The Hall–Kier alpha value is -2.27. The van der Waals surface area contributed by atoms with E-state index in [-0.39, 0.29) is 18.3 Å². The van der Waals surface area contributed by atoms with Crippen LogP contribution in [0.25, 0.3) is 0 Å². The van der Waals surface area contributed by atoms with E-state index in [4.69, 9.17) is 21.1 Å². The molecule has 0 aliphatic heterocycles. The van der Waals surface area contributed by atoms with Crippen molar-refractivity contribution in [1.82, 2.24) is 4.90 Å². The zero-order valence-corrected chi connectivity index (χ0v) is 16.1. The molecule has 6 heteroatoms. The molecular weight excluding hydrogens is 357 g/mol. The highest BCUT2D eigenvalue weighted by Gasteiger charge is 2.19.